The second-order valence-electron chi connectivity index (χ2n) is 5.48. The molecule has 0 aromatic carbocycles. The normalized spacial score (nSPS) is 20.5. The first-order valence-corrected chi connectivity index (χ1v) is 7.61. The van der Waals surface area contributed by atoms with Gasteiger partial charge in [-0.25, -0.2) is 4.79 Å². The molecule has 2 amide bonds. The summed E-state index contributed by atoms with van der Waals surface area (Å²) in [6, 6.07) is 4.01. The maximum atomic E-state index is 11.5. The molecule has 114 valence electrons. The Balaban J connectivity index is 1.48. The number of anilines is 1. The molecule has 1 aromatic heterocycles. The third-order valence-corrected chi connectivity index (χ3v) is 4.10. The van der Waals surface area contributed by atoms with Crippen LogP contribution in [0.15, 0.2) is 18.3 Å². The first kappa shape index (κ1) is 14.1. The third-order valence-electron chi connectivity index (χ3n) is 4.10. The highest BCUT2D eigenvalue weighted by molar-refractivity contribution is 5.76. The molecule has 3 rings (SSSR count). The van der Waals surface area contributed by atoms with Crippen molar-refractivity contribution in [1.29, 1.82) is 0 Å². The van der Waals surface area contributed by atoms with Crippen molar-refractivity contribution in [1.82, 2.24) is 25.3 Å². The van der Waals surface area contributed by atoms with Gasteiger partial charge < -0.3 is 15.1 Å². The van der Waals surface area contributed by atoms with Crippen LogP contribution in [0.25, 0.3) is 0 Å². The average Bonchev–Trinajstić information content (AvgIpc) is 2.79. The second-order valence-corrected chi connectivity index (χ2v) is 5.48. The number of nitrogens with one attached hydrogen (secondary N) is 1. The summed E-state index contributed by atoms with van der Waals surface area (Å²) in [7, 11) is 0. The van der Waals surface area contributed by atoms with Gasteiger partial charge in [0.25, 0.3) is 0 Å². The number of carbonyl (C=O) groups excluding carboxylic acids is 1. The number of urea groups is 1. The van der Waals surface area contributed by atoms with Crippen molar-refractivity contribution in [3.8, 4) is 0 Å². The lowest BCUT2D eigenvalue weighted by Crippen LogP contribution is -2.38. The van der Waals surface area contributed by atoms with E-state index in [4.69, 9.17) is 0 Å². The molecule has 0 atom stereocenters. The Bertz CT molecular complexity index is 468. The number of aromatic nitrogens is 2. The molecule has 1 aromatic rings. The zero-order valence-corrected chi connectivity index (χ0v) is 12.2. The van der Waals surface area contributed by atoms with E-state index in [1.54, 1.807) is 6.20 Å². The Labute approximate surface area is 124 Å². The Morgan fingerprint density at radius 1 is 1.14 bits per heavy atom. The van der Waals surface area contributed by atoms with E-state index in [0.717, 1.165) is 64.6 Å². The monoisotopic (exact) mass is 290 g/mol. The molecule has 1 N–H and O–H groups in total. The molecule has 0 bridgehead atoms. The van der Waals surface area contributed by atoms with E-state index < -0.39 is 0 Å². The van der Waals surface area contributed by atoms with E-state index in [1.165, 1.54) is 0 Å². The van der Waals surface area contributed by atoms with Crippen LogP contribution >= 0.6 is 0 Å². The van der Waals surface area contributed by atoms with Crippen molar-refractivity contribution in [3.05, 3.63) is 18.3 Å². The van der Waals surface area contributed by atoms with Crippen LogP contribution in [0.4, 0.5) is 10.6 Å². The molecular weight excluding hydrogens is 268 g/mol. The summed E-state index contributed by atoms with van der Waals surface area (Å²) < 4.78 is 0. The third kappa shape index (κ3) is 3.60. The van der Waals surface area contributed by atoms with Crippen LogP contribution in [-0.4, -0.2) is 78.4 Å². The summed E-state index contributed by atoms with van der Waals surface area (Å²) in [6.07, 6.45) is 2.82. The molecule has 2 aliphatic rings. The van der Waals surface area contributed by atoms with Crippen LogP contribution in [0.1, 0.15) is 6.42 Å². The number of hydrogen-bond acceptors (Lipinski definition) is 5. The molecule has 3 heterocycles. The predicted molar refractivity (Wildman–Crippen MR) is 80.3 cm³/mol. The molecule has 21 heavy (non-hydrogen) atoms. The zero-order chi connectivity index (χ0) is 14.5. The van der Waals surface area contributed by atoms with Crippen molar-refractivity contribution in [2.24, 2.45) is 0 Å². The minimum Gasteiger partial charge on any atom is -0.354 e. The molecule has 0 aliphatic carbocycles. The van der Waals surface area contributed by atoms with Crippen LogP contribution in [0, 0.1) is 0 Å². The van der Waals surface area contributed by atoms with Gasteiger partial charge in [-0.15, -0.1) is 5.10 Å². The number of hydrogen-bond donors (Lipinski definition) is 1. The molecule has 2 saturated heterocycles. The first-order valence-electron chi connectivity index (χ1n) is 7.61. The van der Waals surface area contributed by atoms with Gasteiger partial charge in [0.2, 0.25) is 0 Å². The maximum absolute atomic E-state index is 11.5. The van der Waals surface area contributed by atoms with Gasteiger partial charge in [0, 0.05) is 52.0 Å². The molecule has 0 unspecified atom stereocenters. The fourth-order valence-electron chi connectivity index (χ4n) is 2.87. The number of carbonyl (C=O) groups is 1. The highest BCUT2D eigenvalue weighted by atomic mass is 16.2. The lowest BCUT2D eigenvalue weighted by atomic mass is 10.3. The Morgan fingerprint density at radius 3 is 2.86 bits per heavy atom. The average molecular weight is 290 g/mol. The minimum atomic E-state index is 0.0750. The van der Waals surface area contributed by atoms with E-state index in [9.17, 15) is 4.79 Å². The summed E-state index contributed by atoms with van der Waals surface area (Å²) in [5.74, 6) is 0.957. The zero-order valence-electron chi connectivity index (χ0n) is 12.2. The molecule has 2 aliphatic heterocycles. The molecule has 7 heteroatoms. The summed E-state index contributed by atoms with van der Waals surface area (Å²) >= 11 is 0. The topological polar surface area (TPSA) is 64.6 Å². The van der Waals surface area contributed by atoms with Crippen LogP contribution in [0.5, 0.6) is 0 Å². The highest BCUT2D eigenvalue weighted by Gasteiger charge is 2.21. The molecule has 0 radical (unpaired) electrons. The van der Waals surface area contributed by atoms with Crippen LogP contribution in [0.2, 0.25) is 0 Å². The molecule has 0 saturated carbocycles. The fourth-order valence-corrected chi connectivity index (χ4v) is 2.87. The van der Waals surface area contributed by atoms with Crippen LogP contribution < -0.4 is 10.2 Å². The van der Waals surface area contributed by atoms with E-state index in [-0.39, 0.29) is 6.03 Å². The summed E-state index contributed by atoms with van der Waals surface area (Å²) in [4.78, 5) is 18.1. The molecule has 7 nitrogen and oxygen atoms in total. The number of rotatable bonds is 4. The van der Waals surface area contributed by atoms with Crippen molar-refractivity contribution < 1.29 is 4.79 Å². The van der Waals surface area contributed by atoms with Crippen LogP contribution in [-0.2, 0) is 0 Å². The van der Waals surface area contributed by atoms with Gasteiger partial charge in [0.15, 0.2) is 5.82 Å². The first-order chi connectivity index (χ1) is 10.3. The van der Waals surface area contributed by atoms with Gasteiger partial charge in [-0.05, 0) is 25.1 Å². The molecule has 0 spiro atoms. The number of amides is 2. The van der Waals surface area contributed by atoms with Gasteiger partial charge in [-0.3, -0.25) is 4.90 Å². The smallest absolute Gasteiger partial charge is 0.317 e. The molecule has 2 fully saturated rings. The standard InChI is InChI=1S/C14H22N6O/c21-14-15-5-8-20(14)12-10-18-6-2-7-19(11-9-18)13-3-1-4-16-17-13/h1,3-4H,2,5-12H2,(H,15,21). The van der Waals surface area contributed by atoms with Gasteiger partial charge in [-0.1, -0.05) is 0 Å². The van der Waals surface area contributed by atoms with Crippen molar-refractivity contribution in [2.75, 3.05) is 57.3 Å². The van der Waals surface area contributed by atoms with Gasteiger partial charge >= 0.3 is 6.03 Å². The fraction of sp³-hybridized carbons (Fsp3) is 0.643. The summed E-state index contributed by atoms with van der Waals surface area (Å²) in [6.45, 7) is 7.43. The van der Waals surface area contributed by atoms with Crippen molar-refractivity contribution in [2.45, 2.75) is 6.42 Å². The SMILES string of the molecule is O=C1NCCN1CCN1CCCN(c2cccnn2)CC1. The maximum Gasteiger partial charge on any atom is 0.317 e. The highest BCUT2D eigenvalue weighted by Crippen LogP contribution is 2.12. The molecular formula is C14H22N6O. The minimum absolute atomic E-state index is 0.0750. The van der Waals surface area contributed by atoms with E-state index >= 15 is 0 Å². The quantitative estimate of drug-likeness (QED) is 0.846. The number of nitrogens with zero attached hydrogens (tertiary/aromatic N) is 5. The summed E-state index contributed by atoms with van der Waals surface area (Å²) in [5, 5.41) is 11.0. The Hall–Kier alpha value is -1.89. The van der Waals surface area contributed by atoms with E-state index in [0.29, 0.717) is 0 Å². The van der Waals surface area contributed by atoms with Gasteiger partial charge in [-0.2, -0.15) is 5.10 Å². The Kier molecular flexibility index (Phi) is 4.49. The largest absolute Gasteiger partial charge is 0.354 e. The van der Waals surface area contributed by atoms with Crippen molar-refractivity contribution in [3.63, 3.8) is 0 Å². The van der Waals surface area contributed by atoms with Gasteiger partial charge in [0.05, 0.1) is 0 Å². The van der Waals surface area contributed by atoms with Crippen molar-refractivity contribution >= 4 is 11.8 Å². The van der Waals surface area contributed by atoms with E-state index in [1.807, 2.05) is 17.0 Å². The van der Waals surface area contributed by atoms with Crippen LogP contribution in [0.3, 0.4) is 0 Å². The lowest BCUT2D eigenvalue weighted by molar-refractivity contribution is 0.203. The second kappa shape index (κ2) is 6.71. The summed E-state index contributed by atoms with van der Waals surface area (Å²) in [5.41, 5.74) is 0. The lowest BCUT2D eigenvalue weighted by Gasteiger charge is -2.24. The predicted octanol–water partition coefficient (Wildman–Crippen LogP) is 0.0139. The van der Waals surface area contributed by atoms with Gasteiger partial charge in [0.1, 0.15) is 0 Å². The van der Waals surface area contributed by atoms with E-state index in [2.05, 4.69) is 25.3 Å². The Morgan fingerprint density at radius 2 is 2.10 bits per heavy atom.